The van der Waals surface area contributed by atoms with Crippen LogP contribution in [0.5, 0.6) is 0 Å². The highest BCUT2D eigenvalue weighted by Gasteiger charge is 2.22. The molecule has 0 aliphatic carbocycles. The molecule has 1 aliphatic heterocycles. The van der Waals surface area contributed by atoms with Crippen LogP contribution in [0.25, 0.3) is 11.8 Å². The molecular weight excluding hydrogens is 338 g/mol. The van der Waals surface area contributed by atoms with E-state index in [1.54, 1.807) is 6.08 Å². The highest BCUT2D eigenvalue weighted by Crippen LogP contribution is 2.21. The van der Waals surface area contributed by atoms with Crippen molar-refractivity contribution in [2.45, 2.75) is 27.2 Å². The number of hydrogen-bond acceptors (Lipinski definition) is 2. The molecule has 27 heavy (non-hydrogen) atoms. The second kappa shape index (κ2) is 8.25. The van der Waals surface area contributed by atoms with Gasteiger partial charge in [0.05, 0.1) is 0 Å². The lowest BCUT2D eigenvalue weighted by Gasteiger charge is -2.34. The van der Waals surface area contributed by atoms with Crippen LogP contribution in [-0.2, 0) is 9.59 Å². The molecule has 0 radical (unpaired) electrons. The predicted molar refractivity (Wildman–Crippen MR) is 108 cm³/mol. The summed E-state index contributed by atoms with van der Waals surface area (Å²) >= 11 is 0. The minimum Gasteiger partial charge on any atom is -0.339 e. The Labute approximate surface area is 160 Å². The molecule has 1 fully saturated rings. The van der Waals surface area contributed by atoms with Crippen LogP contribution in [0.15, 0.2) is 42.5 Å². The van der Waals surface area contributed by atoms with Crippen molar-refractivity contribution in [1.82, 2.24) is 14.4 Å². The lowest BCUT2D eigenvalue weighted by molar-refractivity contribution is -0.136. The molecule has 2 amide bonds. The molecule has 1 aliphatic rings. The molecule has 0 saturated carbocycles. The molecule has 3 rings (SSSR count). The van der Waals surface area contributed by atoms with Gasteiger partial charge in [0, 0.05) is 55.8 Å². The summed E-state index contributed by atoms with van der Waals surface area (Å²) < 4.78 is 2.19. The molecular formula is C22H27N3O2. The van der Waals surface area contributed by atoms with Crippen molar-refractivity contribution in [3.63, 3.8) is 0 Å². The Balaban J connectivity index is 1.68. The standard InChI is InChI=1S/C22H27N3O2/c1-4-21(26)23-12-14-24(15-13-23)22(27)11-10-19-16-17(2)25(18(19)3)20-8-6-5-7-9-20/h5-11,16H,4,12-15H2,1-3H3/b11-10+. The fourth-order valence-corrected chi connectivity index (χ4v) is 3.60. The van der Waals surface area contributed by atoms with Gasteiger partial charge >= 0.3 is 0 Å². The molecule has 0 bridgehead atoms. The lowest BCUT2D eigenvalue weighted by Crippen LogP contribution is -2.50. The lowest BCUT2D eigenvalue weighted by atomic mass is 10.2. The van der Waals surface area contributed by atoms with Crippen LogP contribution < -0.4 is 0 Å². The van der Waals surface area contributed by atoms with Gasteiger partial charge in [-0.3, -0.25) is 9.59 Å². The van der Waals surface area contributed by atoms with E-state index in [2.05, 4.69) is 36.6 Å². The maximum absolute atomic E-state index is 12.5. The number of carbonyl (C=O) groups is 2. The van der Waals surface area contributed by atoms with E-state index in [1.165, 1.54) is 0 Å². The van der Waals surface area contributed by atoms with Crippen molar-refractivity contribution in [3.8, 4) is 5.69 Å². The van der Waals surface area contributed by atoms with Crippen molar-refractivity contribution in [1.29, 1.82) is 0 Å². The minimum absolute atomic E-state index is 0.00288. The molecule has 2 heterocycles. The number of piperazine rings is 1. The van der Waals surface area contributed by atoms with Gasteiger partial charge in [0.2, 0.25) is 11.8 Å². The van der Waals surface area contributed by atoms with Crippen LogP contribution >= 0.6 is 0 Å². The normalized spacial score (nSPS) is 14.8. The van der Waals surface area contributed by atoms with Crippen molar-refractivity contribution >= 4 is 17.9 Å². The van der Waals surface area contributed by atoms with E-state index in [9.17, 15) is 9.59 Å². The van der Waals surface area contributed by atoms with Crippen molar-refractivity contribution in [2.24, 2.45) is 0 Å². The zero-order valence-corrected chi connectivity index (χ0v) is 16.3. The molecule has 0 spiro atoms. The Bertz CT molecular complexity index is 844. The quantitative estimate of drug-likeness (QED) is 0.781. The molecule has 1 aromatic carbocycles. The SMILES string of the molecule is CCC(=O)N1CCN(C(=O)/C=C/c2cc(C)n(-c3ccccc3)c2C)CC1. The number of benzene rings is 1. The second-order valence-electron chi connectivity index (χ2n) is 6.89. The number of para-hydroxylation sites is 1. The summed E-state index contributed by atoms with van der Waals surface area (Å²) in [5.41, 5.74) is 4.42. The van der Waals surface area contributed by atoms with Crippen molar-refractivity contribution in [3.05, 3.63) is 59.4 Å². The first kappa shape index (κ1) is 19.0. The van der Waals surface area contributed by atoms with Gasteiger partial charge in [0.1, 0.15) is 0 Å². The molecule has 1 saturated heterocycles. The van der Waals surface area contributed by atoms with Gasteiger partial charge in [-0.15, -0.1) is 0 Å². The average Bonchev–Trinajstić information content (AvgIpc) is 2.99. The molecule has 5 heteroatoms. The Morgan fingerprint density at radius 3 is 2.26 bits per heavy atom. The fraction of sp³-hybridized carbons (Fsp3) is 0.364. The Hall–Kier alpha value is -2.82. The molecule has 2 aromatic rings. The largest absolute Gasteiger partial charge is 0.339 e. The van der Waals surface area contributed by atoms with Crippen LogP contribution in [0.2, 0.25) is 0 Å². The molecule has 142 valence electrons. The average molecular weight is 365 g/mol. The number of carbonyl (C=O) groups excluding carboxylic acids is 2. The van der Waals surface area contributed by atoms with Crippen molar-refractivity contribution in [2.75, 3.05) is 26.2 Å². The Morgan fingerprint density at radius 1 is 1.00 bits per heavy atom. The first-order valence-corrected chi connectivity index (χ1v) is 9.50. The van der Waals surface area contributed by atoms with Crippen LogP contribution in [0.4, 0.5) is 0 Å². The smallest absolute Gasteiger partial charge is 0.246 e. The number of aromatic nitrogens is 1. The second-order valence-corrected chi connectivity index (χ2v) is 6.89. The van der Waals surface area contributed by atoms with E-state index < -0.39 is 0 Å². The third-order valence-corrected chi connectivity index (χ3v) is 5.14. The van der Waals surface area contributed by atoms with Gasteiger partial charge in [-0.1, -0.05) is 25.1 Å². The zero-order valence-electron chi connectivity index (χ0n) is 16.3. The maximum atomic E-state index is 12.5. The Kier molecular flexibility index (Phi) is 5.79. The van der Waals surface area contributed by atoms with E-state index in [4.69, 9.17) is 0 Å². The minimum atomic E-state index is 0.00288. The maximum Gasteiger partial charge on any atom is 0.246 e. The van der Waals surface area contributed by atoms with Crippen molar-refractivity contribution < 1.29 is 9.59 Å². The number of hydrogen-bond donors (Lipinski definition) is 0. The van der Waals surface area contributed by atoms with Gasteiger partial charge in [-0.25, -0.2) is 0 Å². The monoisotopic (exact) mass is 365 g/mol. The van der Waals surface area contributed by atoms with E-state index >= 15 is 0 Å². The van der Waals surface area contributed by atoms with Gasteiger partial charge < -0.3 is 14.4 Å². The first-order valence-electron chi connectivity index (χ1n) is 9.50. The van der Waals surface area contributed by atoms with Gasteiger partial charge in [-0.05, 0) is 43.7 Å². The number of aryl methyl sites for hydroxylation is 1. The Morgan fingerprint density at radius 2 is 1.63 bits per heavy atom. The highest BCUT2D eigenvalue weighted by atomic mass is 16.2. The van der Waals surface area contributed by atoms with Crippen LogP contribution in [0, 0.1) is 13.8 Å². The summed E-state index contributed by atoms with van der Waals surface area (Å²) in [7, 11) is 0. The van der Waals surface area contributed by atoms with Crippen LogP contribution in [0.3, 0.4) is 0 Å². The summed E-state index contributed by atoms with van der Waals surface area (Å²) in [6.07, 6.45) is 4.06. The van der Waals surface area contributed by atoms with Gasteiger partial charge in [-0.2, -0.15) is 0 Å². The molecule has 0 atom stereocenters. The third-order valence-electron chi connectivity index (χ3n) is 5.14. The summed E-state index contributed by atoms with van der Waals surface area (Å²) in [5.74, 6) is 0.161. The molecule has 0 N–H and O–H groups in total. The number of rotatable bonds is 4. The van der Waals surface area contributed by atoms with E-state index in [1.807, 2.05) is 41.0 Å². The molecule has 1 aromatic heterocycles. The molecule has 5 nitrogen and oxygen atoms in total. The summed E-state index contributed by atoms with van der Waals surface area (Å²) in [6.45, 7) is 8.44. The molecule has 0 unspecified atom stereocenters. The summed E-state index contributed by atoms with van der Waals surface area (Å²) in [5, 5.41) is 0. The predicted octanol–water partition coefficient (Wildman–Crippen LogP) is 3.19. The number of amides is 2. The summed E-state index contributed by atoms with van der Waals surface area (Å²) in [4.78, 5) is 27.9. The fourth-order valence-electron chi connectivity index (χ4n) is 3.60. The van der Waals surface area contributed by atoms with E-state index in [-0.39, 0.29) is 11.8 Å². The van der Waals surface area contributed by atoms with E-state index in [0.717, 1.165) is 22.6 Å². The van der Waals surface area contributed by atoms with Gasteiger partial charge in [0.15, 0.2) is 0 Å². The topological polar surface area (TPSA) is 45.6 Å². The van der Waals surface area contributed by atoms with Crippen LogP contribution in [0.1, 0.15) is 30.3 Å². The zero-order chi connectivity index (χ0) is 19.4. The summed E-state index contributed by atoms with van der Waals surface area (Å²) in [6, 6.07) is 12.3. The number of nitrogens with zero attached hydrogens (tertiary/aromatic N) is 3. The van der Waals surface area contributed by atoms with Gasteiger partial charge in [0.25, 0.3) is 0 Å². The highest BCUT2D eigenvalue weighted by molar-refractivity contribution is 5.92. The van der Waals surface area contributed by atoms with E-state index in [0.29, 0.717) is 32.6 Å². The van der Waals surface area contributed by atoms with Crippen LogP contribution in [-0.4, -0.2) is 52.4 Å². The third kappa shape index (κ3) is 4.13. The first-order chi connectivity index (χ1) is 13.0.